The highest BCUT2D eigenvalue weighted by Crippen LogP contribution is 2.47. The molecule has 0 bridgehead atoms. The van der Waals surface area contributed by atoms with Gasteiger partial charge in [-0.1, -0.05) is 27.7 Å². The summed E-state index contributed by atoms with van der Waals surface area (Å²) in [4.78, 5) is 0. The van der Waals surface area contributed by atoms with Gasteiger partial charge in [-0.05, 0) is 19.9 Å². The lowest BCUT2D eigenvalue weighted by Crippen LogP contribution is -2.39. The SMILES string of the molecule is CC.CC.CNC1CCN(P(C)(=O)OC)CC1. The number of rotatable bonds is 3. The minimum absolute atomic E-state index is 0.577. The second kappa shape index (κ2) is 11.2. The van der Waals surface area contributed by atoms with Crippen molar-refractivity contribution < 1.29 is 9.09 Å². The molecule has 1 aliphatic heterocycles. The molecule has 0 aromatic carbocycles. The van der Waals surface area contributed by atoms with E-state index in [1.807, 2.05) is 39.4 Å². The molecule has 0 aromatic rings. The van der Waals surface area contributed by atoms with Crippen LogP contribution in [0.1, 0.15) is 40.5 Å². The molecule has 1 heterocycles. The van der Waals surface area contributed by atoms with Gasteiger partial charge in [0, 0.05) is 32.9 Å². The molecular formula is C12H31N2O2P. The third-order valence-electron chi connectivity index (χ3n) is 2.73. The van der Waals surface area contributed by atoms with Gasteiger partial charge >= 0.3 is 0 Å². The molecular weight excluding hydrogens is 235 g/mol. The molecule has 1 unspecified atom stereocenters. The number of hydrogen-bond donors (Lipinski definition) is 1. The lowest BCUT2D eigenvalue weighted by Gasteiger charge is -2.34. The van der Waals surface area contributed by atoms with Crippen molar-refractivity contribution in [1.82, 2.24) is 9.99 Å². The van der Waals surface area contributed by atoms with Gasteiger partial charge in [0.05, 0.1) is 0 Å². The van der Waals surface area contributed by atoms with Crippen LogP contribution in [-0.4, -0.2) is 44.6 Å². The van der Waals surface area contributed by atoms with Crippen LogP contribution >= 0.6 is 7.52 Å². The van der Waals surface area contributed by atoms with Crippen LogP contribution in [0.4, 0.5) is 0 Å². The molecule has 1 saturated heterocycles. The first-order valence-electron chi connectivity index (χ1n) is 6.66. The van der Waals surface area contributed by atoms with Crippen molar-refractivity contribution in [2.45, 2.75) is 46.6 Å². The molecule has 5 heteroatoms. The normalized spacial score (nSPS) is 20.4. The van der Waals surface area contributed by atoms with Crippen molar-refractivity contribution in [2.75, 3.05) is 33.9 Å². The van der Waals surface area contributed by atoms with Crippen LogP contribution in [0.2, 0.25) is 0 Å². The summed E-state index contributed by atoms with van der Waals surface area (Å²) in [5.74, 6) is 0. The summed E-state index contributed by atoms with van der Waals surface area (Å²) in [5.41, 5.74) is 0. The summed E-state index contributed by atoms with van der Waals surface area (Å²) in [5, 5.41) is 3.24. The lowest BCUT2D eigenvalue weighted by atomic mass is 10.1. The summed E-state index contributed by atoms with van der Waals surface area (Å²) in [7, 11) is 1.01. The zero-order valence-corrected chi connectivity index (χ0v) is 13.5. The van der Waals surface area contributed by atoms with Crippen molar-refractivity contribution in [3.05, 3.63) is 0 Å². The van der Waals surface area contributed by atoms with Crippen LogP contribution in [0.15, 0.2) is 0 Å². The van der Waals surface area contributed by atoms with E-state index in [2.05, 4.69) is 5.32 Å². The second-order valence-corrected chi connectivity index (χ2v) is 6.04. The van der Waals surface area contributed by atoms with Gasteiger partial charge in [0.1, 0.15) is 0 Å². The van der Waals surface area contributed by atoms with E-state index in [0.717, 1.165) is 25.9 Å². The molecule has 0 aliphatic carbocycles. The van der Waals surface area contributed by atoms with Crippen LogP contribution in [0.25, 0.3) is 0 Å². The van der Waals surface area contributed by atoms with Crippen molar-refractivity contribution in [3.8, 4) is 0 Å². The number of nitrogens with zero attached hydrogens (tertiary/aromatic N) is 1. The highest BCUT2D eigenvalue weighted by Gasteiger charge is 2.28. The molecule has 0 aromatic heterocycles. The molecule has 1 N–H and O–H groups in total. The quantitative estimate of drug-likeness (QED) is 0.797. The molecule has 0 spiro atoms. The van der Waals surface area contributed by atoms with Gasteiger partial charge in [0.15, 0.2) is 0 Å². The molecule has 1 atom stereocenters. The van der Waals surface area contributed by atoms with E-state index in [0.29, 0.717) is 6.04 Å². The molecule has 0 saturated carbocycles. The Balaban J connectivity index is 0. The third kappa shape index (κ3) is 7.20. The number of hydrogen-bond acceptors (Lipinski definition) is 3. The maximum atomic E-state index is 11.8. The van der Waals surface area contributed by atoms with Crippen LogP contribution in [0.3, 0.4) is 0 Å². The zero-order valence-electron chi connectivity index (χ0n) is 12.6. The minimum Gasteiger partial charge on any atom is -0.321 e. The summed E-state index contributed by atoms with van der Waals surface area (Å²) in [6.07, 6.45) is 2.11. The first-order chi connectivity index (χ1) is 8.10. The largest absolute Gasteiger partial charge is 0.321 e. The van der Waals surface area contributed by atoms with Crippen LogP contribution in [0.5, 0.6) is 0 Å². The predicted molar refractivity (Wildman–Crippen MR) is 76.9 cm³/mol. The number of piperidine rings is 1. The first kappa shape index (κ1) is 19.4. The fourth-order valence-electron chi connectivity index (χ4n) is 1.63. The Kier molecular flexibility index (Phi) is 12.8. The fraction of sp³-hybridized carbons (Fsp3) is 1.00. The second-order valence-electron chi connectivity index (χ2n) is 3.50. The van der Waals surface area contributed by atoms with E-state index >= 15 is 0 Å². The Bertz CT molecular complexity index is 205. The Hall–Kier alpha value is 0.110. The van der Waals surface area contributed by atoms with Gasteiger partial charge in [-0.3, -0.25) is 4.57 Å². The highest BCUT2D eigenvalue weighted by atomic mass is 31.2. The molecule has 1 rings (SSSR count). The van der Waals surface area contributed by atoms with Crippen molar-refractivity contribution in [2.24, 2.45) is 0 Å². The van der Waals surface area contributed by atoms with E-state index in [4.69, 9.17) is 4.52 Å². The van der Waals surface area contributed by atoms with Gasteiger partial charge in [-0.25, -0.2) is 4.67 Å². The molecule has 1 aliphatic rings. The van der Waals surface area contributed by atoms with E-state index in [1.54, 1.807) is 6.66 Å². The Morgan fingerprint density at radius 2 is 1.59 bits per heavy atom. The van der Waals surface area contributed by atoms with Crippen molar-refractivity contribution in [3.63, 3.8) is 0 Å². The van der Waals surface area contributed by atoms with E-state index < -0.39 is 7.52 Å². The standard InChI is InChI=1S/C8H19N2O2P.2C2H6/c1-9-8-4-6-10(7-5-8)13(3,11)12-2;2*1-2/h8-9H,4-7H2,1-3H3;2*1-2H3. The van der Waals surface area contributed by atoms with Gasteiger partial charge in [0.2, 0.25) is 0 Å². The third-order valence-corrected chi connectivity index (χ3v) is 4.84. The zero-order chi connectivity index (χ0) is 13.9. The van der Waals surface area contributed by atoms with Crippen molar-refractivity contribution >= 4 is 7.52 Å². The molecule has 17 heavy (non-hydrogen) atoms. The maximum absolute atomic E-state index is 11.8. The lowest BCUT2D eigenvalue weighted by molar-refractivity contribution is 0.255. The van der Waals surface area contributed by atoms with E-state index in [-0.39, 0.29) is 0 Å². The van der Waals surface area contributed by atoms with Gasteiger partial charge in [-0.2, -0.15) is 0 Å². The van der Waals surface area contributed by atoms with E-state index in [9.17, 15) is 4.57 Å². The summed E-state index contributed by atoms with van der Waals surface area (Å²) >= 11 is 0. The highest BCUT2D eigenvalue weighted by molar-refractivity contribution is 7.55. The molecule has 0 radical (unpaired) electrons. The molecule has 4 nitrogen and oxygen atoms in total. The average Bonchev–Trinajstić information content (AvgIpc) is 2.43. The fourth-order valence-corrected chi connectivity index (χ4v) is 2.82. The van der Waals surface area contributed by atoms with Crippen LogP contribution < -0.4 is 5.32 Å². The first-order valence-corrected chi connectivity index (χ1v) is 8.68. The van der Waals surface area contributed by atoms with Gasteiger partial charge in [0.25, 0.3) is 7.52 Å². The van der Waals surface area contributed by atoms with Crippen LogP contribution in [0, 0.1) is 0 Å². The summed E-state index contributed by atoms with van der Waals surface area (Å²) < 4.78 is 18.8. The maximum Gasteiger partial charge on any atom is 0.269 e. The van der Waals surface area contributed by atoms with E-state index in [1.165, 1.54) is 7.11 Å². The topological polar surface area (TPSA) is 41.6 Å². The van der Waals surface area contributed by atoms with Crippen molar-refractivity contribution in [1.29, 1.82) is 0 Å². The molecule has 1 fully saturated rings. The van der Waals surface area contributed by atoms with Crippen LogP contribution in [-0.2, 0) is 9.09 Å². The number of nitrogens with one attached hydrogen (secondary N) is 1. The molecule has 106 valence electrons. The Labute approximate surface area is 108 Å². The summed E-state index contributed by atoms with van der Waals surface area (Å²) in [6.45, 7) is 11.4. The average molecular weight is 266 g/mol. The van der Waals surface area contributed by atoms with Gasteiger partial charge in [-0.15, -0.1) is 0 Å². The minimum atomic E-state index is -2.48. The Morgan fingerprint density at radius 1 is 1.18 bits per heavy atom. The van der Waals surface area contributed by atoms with Gasteiger partial charge < -0.3 is 9.84 Å². The predicted octanol–water partition coefficient (Wildman–Crippen LogP) is 3.19. The summed E-state index contributed by atoms with van der Waals surface area (Å²) in [6, 6.07) is 0.577. The molecule has 0 amide bonds. The smallest absolute Gasteiger partial charge is 0.269 e. The monoisotopic (exact) mass is 266 g/mol. The Morgan fingerprint density at radius 3 is 1.88 bits per heavy atom.